The van der Waals surface area contributed by atoms with E-state index in [1.54, 1.807) is 11.9 Å². The zero-order chi connectivity index (χ0) is 13.8. The molecule has 1 N–H and O–H groups in total. The number of rotatable bonds is 3. The van der Waals surface area contributed by atoms with Gasteiger partial charge in [-0.2, -0.15) is 0 Å². The Hall–Kier alpha value is -0.950. The Bertz CT molecular complexity index is 347. The first kappa shape index (κ1) is 14.5. The Morgan fingerprint density at radius 1 is 1.47 bits per heavy atom. The molecule has 2 rings (SSSR count). The average Bonchev–Trinajstić information content (AvgIpc) is 2.88. The van der Waals surface area contributed by atoms with Gasteiger partial charge in [0.2, 0.25) is 0 Å². The van der Waals surface area contributed by atoms with Crippen LogP contribution < -0.4 is 0 Å². The third kappa shape index (κ3) is 3.54. The van der Waals surface area contributed by atoms with E-state index in [4.69, 9.17) is 9.84 Å². The van der Waals surface area contributed by atoms with Crippen LogP contribution in [-0.4, -0.2) is 70.9 Å². The van der Waals surface area contributed by atoms with Crippen LogP contribution >= 0.6 is 11.8 Å². The summed E-state index contributed by atoms with van der Waals surface area (Å²) in [4.78, 5) is 26.3. The van der Waals surface area contributed by atoms with Gasteiger partial charge in [-0.15, -0.1) is 11.8 Å². The highest BCUT2D eigenvalue weighted by molar-refractivity contribution is 7.99. The van der Waals surface area contributed by atoms with Crippen molar-refractivity contribution in [3.63, 3.8) is 0 Å². The maximum Gasteiger partial charge on any atom is 0.327 e. The van der Waals surface area contributed by atoms with Gasteiger partial charge in [-0.25, -0.2) is 9.59 Å². The van der Waals surface area contributed by atoms with Crippen molar-refractivity contribution in [3.05, 3.63) is 0 Å². The summed E-state index contributed by atoms with van der Waals surface area (Å²) in [5.74, 6) is -0.0128. The molecule has 0 aromatic carbocycles. The lowest BCUT2D eigenvalue weighted by Gasteiger charge is -2.31. The third-order valence-corrected chi connectivity index (χ3v) is 4.50. The number of nitrogens with zero attached hydrogens (tertiary/aromatic N) is 2. The maximum atomic E-state index is 12.3. The largest absolute Gasteiger partial charge is 0.480 e. The average molecular weight is 288 g/mol. The number of carboxylic acids is 1. The van der Waals surface area contributed by atoms with Gasteiger partial charge in [-0.1, -0.05) is 0 Å². The SMILES string of the molecule is CN(CC1CCCCO1)C(=O)N1CSC[C@H]1C(=O)O. The van der Waals surface area contributed by atoms with Crippen molar-refractivity contribution in [1.82, 2.24) is 9.80 Å². The summed E-state index contributed by atoms with van der Waals surface area (Å²) < 4.78 is 5.60. The molecule has 0 aliphatic carbocycles. The number of aliphatic carboxylic acids is 1. The van der Waals surface area contributed by atoms with E-state index in [0.29, 0.717) is 18.2 Å². The predicted octanol–water partition coefficient (Wildman–Crippen LogP) is 1.07. The van der Waals surface area contributed by atoms with E-state index in [-0.39, 0.29) is 12.1 Å². The molecule has 0 bridgehead atoms. The van der Waals surface area contributed by atoms with Crippen molar-refractivity contribution in [1.29, 1.82) is 0 Å². The topological polar surface area (TPSA) is 70.1 Å². The molecule has 108 valence electrons. The van der Waals surface area contributed by atoms with Crippen LogP contribution in [0.5, 0.6) is 0 Å². The highest BCUT2D eigenvalue weighted by Gasteiger charge is 2.36. The van der Waals surface area contributed by atoms with E-state index >= 15 is 0 Å². The van der Waals surface area contributed by atoms with Gasteiger partial charge < -0.3 is 19.6 Å². The summed E-state index contributed by atoms with van der Waals surface area (Å²) in [5, 5.41) is 9.09. The summed E-state index contributed by atoms with van der Waals surface area (Å²) in [5.41, 5.74) is 0. The number of carboxylic acid groups (broad SMARTS) is 1. The molecule has 0 aromatic rings. The number of likely N-dealkylation sites (N-methyl/N-ethyl adjacent to an activating group) is 1. The smallest absolute Gasteiger partial charge is 0.327 e. The van der Waals surface area contributed by atoms with Gasteiger partial charge in [-0.05, 0) is 19.3 Å². The van der Waals surface area contributed by atoms with Crippen molar-refractivity contribution in [2.75, 3.05) is 31.8 Å². The second-order valence-electron chi connectivity index (χ2n) is 4.98. The number of hydrogen-bond donors (Lipinski definition) is 1. The van der Waals surface area contributed by atoms with Crippen LogP contribution in [0.2, 0.25) is 0 Å². The summed E-state index contributed by atoms with van der Waals surface area (Å²) in [7, 11) is 1.71. The van der Waals surface area contributed by atoms with Crippen LogP contribution in [0.4, 0.5) is 4.79 Å². The normalized spacial score (nSPS) is 27.3. The van der Waals surface area contributed by atoms with E-state index in [1.165, 1.54) is 16.7 Å². The molecule has 6 nitrogen and oxygen atoms in total. The Kier molecular flexibility index (Phi) is 4.93. The Morgan fingerprint density at radius 3 is 2.89 bits per heavy atom. The zero-order valence-electron chi connectivity index (χ0n) is 11.1. The molecule has 2 fully saturated rings. The maximum absolute atomic E-state index is 12.3. The second kappa shape index (κ2) is 6.47. The molecule has 2 heterocycles. The van der Waals surface area contributed by atoms with Crippen molar-refractivity contribution in [2.24, 2.45) is 0 Å². The quantitative estimate of drug-likeness (QED) is 0.841. The minimum atomic E-state index is -0.930. The lowest BCUT2D eigenvalue weighted by Crippen LogP contribution is -2.49. The lowest BCUT2D eigenvalue weighted by molar-refractivity contribution is -0.140. The van der Waals surface area contributed by atoms with Gasteiger partial charge in [0.1, 0.15) is 6.04 Å². The highest BCUT2D eigenvalue weighted by Crippen LogP contribution is 2.23. The highest BCUT2D eigenvalue weighted by atomic mass is 32.2. The summed E-state index contributed by atoms with van der Waals surface area (Å²) in [6, 6.07) is -0.918. The first-order valence-corrected chi connectivity index (χ1v) is 7.69. The van der Waals surface area contributed by atoms with Gasteiger partial charge in [0.15, 0.2) is 0 Å². The van der Waals surface area contributed by atoms with Crippen LogP contribution in [0.15, 0.2) is 0 Å². The predicted molar refractivity (Wildman–Crippen MR) is 72.2 cm³/mol. The van der Waals surface area contributed by atoms with Gasteiger partial charge in [0, 0.05) is 26.0 Å². The molecular weight excluding hydrogens is 268 g/mol. The van der Waals surface area contributed by atoms with Crippen molar-refractivity contribution in [3.8, 4) is 0 Å². The first-order chi connectivity index (χ1) is 9.09. The fourth-order valence-electron chi connectivity index (χ4n) is 2.39. The summed E-state index contributed by atoms with van der Waals surface area (Å²) in [6.45, 7) is 1.29. The number of thioether (sulfide) groups is 1. The molecule has 19 heavy (non-hydrogen) atoms. The molecule has 2 aliphatic rings. The molecule has 2 aliphatic heterocycles. The van der Waals surface area contributed by atoms with Gasteiger partial charge in [-0.3, -0.25) is 0 Å². The fraction of sp³-hybridized carbons (Fsp3) is 0.833. The monoisotopic (exact) mass is 288 g/mol. The standard InChI is InChI=1S/C12H20N2O4S/c1-13(6-9-4-2-3-5-18-9)12(17)14-8-19-7-10(14)11(15)16/h9-10H,2-8H2,1H3,(H,15,16)/t9?,10-/m0/s1. The van der Waals surface area contributed by atoms with E-state index in [0.717, 1.165) is 25.9 Å². The van der Waals surface area contributed by atoms with Crippen molar-refractivity contribution >= 4 is 23.8 Å². The number of carbonyl (C=O) groups is 2. The number of amides is 2. The molecule has 2 atom stereocenters. The Morgan fingerprint density at radius 2 is 2.26 bits per heavy atom. The molecule has 2 amide bonds. The minimum absolute atomic E-state index is 0.0845. The lowest BCUT2D eigenvalue weighted by atomic mass is 10.1. The van der Waals surface area contributed by atoms with Gasteiger partial charge >= 0.3 is 12.0 Å². The van der Waals surface area contributed by atoms with Crippen molar-refractivity contribution < 1.29 is 19.4 Å². The van der Waals surface area contributed by atoms with E-state index in [2.05, 4.69) is 0 Å². The van der Waals surface area contributed by atoms with E-state index in [9.17, 15) is 9.59 Å². The molecule has 0 aromatic heterocycles. The molecule has 2 saturated heterocycles. The molecular formula is C12H20N2O4S. The van der Waals surface area contributed by atoms with Crippen LogP contribution in [0.25, 0.3) is 0 Å². The van der Waals surface area contributed by atoms with E-state index < -0.39 is 12.0 Å². The van der Waals surface area contributed by atoms with Gasteiger partial charge in [0.05, 0.1) is 12.0 Å². The number of ether oxygens (including phenoxy) is 1. The Labute approximate surface area is 117 Å². The van der Waals surface area contributed by atoms with Crippen LogP contribution in [-0.2, 0) is 9.53 Å². The first-order valence-electron chi connectivity index (χ1n) is 6.53. The van der Waals surface area contributed by atoms with Crippen LogP contribution in [0, 0.1) is 0 Å². The number of urea groups is 1. The molecule has 0 spiro atoms. The van der Waals surface area contributed by atoms with Crippen molar-refractivity contribution in [2.45, 2.75) is 31.4 Å². The minimum Gasteiger partial charge on any atom is -0.480 e. The summed E-state index contributed by atoms with van der Waals surface area (Å²) >= 11 is 1.48. The number of hydrogen-bond acceptors (Lipinski definition) is 4. The zero-order valence-corrected chi connectivity index (χ0v) is 11.9. The second-order valence-corrected chi connectivity index (χ2v) is 5.98. The van der Waals surface area contributed by atoms with Crippen LogP contribution in [0.3, 0.4) is 0 Å². The summed E-state index contributed by atoms with van der Waals surface area (Å²) in [6.07, 6.45) is 3.26. The molecule has 0 saturated carbocycles. The Balaban J connectivity index is 1.89. The number of carbonyl (C=O) groups excluding carboxylic acids is 1. The molecule has 1 unspecified atom stereocenters. The molecule has 0 radical (unpaired) electrons. The fourth-order valence-corrected chi connectivity index (χ4v) is 3.53. The third-order valence-electron chi connectivity index (χ3n) is 3.49. The van der Waals surface area contributed by atoms with Gasteiger partial charge in [0.25, 0.3) is 0 Å². The van der Waals surface area contributed by atoms with Crippen LogP contribution in [0.1, 0.15) is 19.3 Å². The van der Waals surface area contributed by atoms with E-state index in [1.807, 2.05) is 0 Å². The molecule has 7 heteroatoms.